The van der Waals surface area contributed by atoms with E-state index in [-0.39, 0.29) is 18.1 Å². The minimum Gasteiger partial charge on any atom is -0.506 e. The van der Waals surface area contributed by atoms with E-state index in [0.717, 1.165) is 12.8 Å². The molecule has 3 amide bonds. The van der Waals surface area contributed by atoms with Crippen LogP contribution in [0.1, 0.15) is 30.9 Å². The Hall–Kier alpha value is -2.56. The minimum absolute atomic E-state index is 0.0539. The van der Waals surface area contributed by atoms with E-state index < -0.39 is 39.9 Å². The lowest BCUT2D eigenvalue weighted by molar-refractivity contribution is -0.117. The highest BCUT2D eigenvalue weighted by Crippen LogP contribution is 2.38. The number of anilines is 1. The fourth-order valence-corrected chi connectivity index (χ4v) is 4.34. The number of carbonyl (C=O) groups is 2. The predicted molar refractivity (Wildman–Crippen MR) is 94.9 cm³/mol. The summed E-state index contributed by atoms with van der Waals surface area (Å²) >= 11 is 0. The average Bonchev–Trinajstić information content (AvgIpc) is 2.87. The summed E-state index contributed by atoms with van der Waals surface area (Å²) in [7, 11) is -4.26. The maximum absolute atomic E-state index is 15.1. The van der Waals surface area contributed by atoms with Crippen LogP contribution in [0.4, 0.5) is 14.9 Å². The van der Waals surface area contributed by atoms with E-state index in [1.165, 1.54) is 11.0 Å². The van der Waals surface area contributed by atoms with Gasteiger partial charge in [0.2, 0.25) is 0 Å². The Morgan fingerprint density at radius 3 is 2.78 bits per heavy atom. The molecule has 0 saturated carbocycles. The van der Waals surface area contributed by atoms with Crippen molar-refractivity contribution in [3.63, 3.8) is 0 Å². The number of phenolic OH excluding ortho intramolecular Hbond substituents is 1. The van der Waals surface area contributed by atoms with Crippen LogP contribution in [0.5, 0.6) is 5.75 Å². The van der Waals surface area contributed by atoms with Crippen LogP contribution in [0.3, 0.4) is 0 Å². The molecule has 0 unspecified atom stereocenters. The van der Waals surface area contributed by atoms with E-state index in [1.807, 2.05) is 6.92 Å². The van der Waals surface area contributed by atoms with Crippen LogP contribution < -0.4 is 14.3 Å². The molecule has 2 aliphatic rings. The third kappa shape index (κ3) is 3.64. The molecule has 0 atom stereocenters. The van der Waals surface area contributed by atoms with Crippen LogP contribution in [-0.4, -0.2) is 50.0 Å². The van der Waals surface area contributed by atoms with Crippen molar-refractivity contribution in [2.45, 2.75) is 32.7 Å². The van der Waals surface area contributed by atoms with Gasteiger partial charge in [-0.05, 0) is 24.5 Å². The summed E-state index contributed by atoms with van der Waals surface area (Å²) in [6.45, 7) is 2.19. The van der Waals surface area contributed by atoms with Crippen LogP contribution in [0, 0.1) is 5.82 Å². The Morgan fingerprint density at radius 2 is 2.15 bits per heavy atom. The van der Waals surface area contributed by atoms with Crippen molar-refractivity contribution < 1.29 is 27.5 Å². The molecular weight excluding hydrogens is 379 g/mol. The summed E-state index contributed by atoms with van der Waals surface area (Å²) in [5, 5.41) is 12.9. The molecule has 1 aromatic rings. The Kier molecular flexibility index (Phi) is 5.13. The first-order valence-corrected chi connectivity index (χ1v) is 10.1. The normalized spacial score (nSPS) is 18.2. The number of amides is 3. The van der Waals surface area contributed by atoms with Gasteiger partial charge in [0.25, 0.3) is 5.91 Å². The monoisotopic (exact) mass is 400 g/mol. The smallest absolute Gasteiger partial charge is 0.326 e. The molecule has 148 valence electrons. The van der Waals surface area contributed by atoms with Crippen molar-refractivity contribution in [1.29, 1.82) is 0 Å². The molecule has 1 aromatic carbocycles. The number of nitrogens with zero attached hydrogens (tertiary/aromatic N) is 2. The Labute approximate surface area is 156 Å². The van der Waals surface area contributed by atoms with Gasteiger partial charge in [-0.3, -0.25) is 4.79 Å². The molecule has 2 heterocycles. The standard InChI is InChI=1S/C16H21FN4O5S/c1-2-3-5-18-16(24)20-6-4-10-7-12(22)15(14(17)11(10)8-20)21-9-13(23)19-27(21,25)26/h7,22H,2-6,8-9H2,1H3,(H,18,24)(H,19,23). The molecule has 11 heteroatoms. The molecule has 3 rings (SSSR count). The average molecular weight is 400 g/mol. The molecule has 0 aliphatic carbocycles. The lowest BCUT2D eigenvalue weighted by Crippen LogP contribution is -2.43. The Bertz CT molecular complexity index is 889. The number of hydrogen-bond acceptors (Lipinski definition) is 5. The van der Waals surface area contributed by atoms with Gasteiger partial charge in [0.1, 0.15) is 18.0 Å². The summed E-state index contributed by atoms with van der Waals surface area (Å²) in [6, 6.07) is 0.965. The quantitative estimate of drug-likeness (QED) is 0.639. The SMILES string of the molecule is CCCCNC(=O)N1CCc2cc(O)c(N3CC(=O)NS3(=O)=O)c(F)c2C1. The van der Waals surface area contributed by atoms with E-state index in [9.17, 15) is 23.1 Å². The summed E-state index contributed by atoms with van der Waals surface area (Å²) in [6.07, 6.45) is 2.08. The number of unbranched alkanes of at least 4 members (excludes halogenated alkanes) is 1. The van der Waals surface area contributed by atoms with Crippen molar-refractivity contribution in [3.8, 4) is 5.75 Å². The fourth-order valence-electron chi connectivity index (χ4n) is 3.18. The second kappa shape index (κ2) is 7.22. The zero-order valence-corrected chi connectivity index (χ0v) is 15.6. The number of hydrogen-bond donors (Lipinski definition) is 3. The van der Waals surface area contributed by atoms with Crippen LogP contribution in [0.25, 0.3) is 0 Å². The maximum Gasteiger partial charge on any atom is 0.326 e. The van der Waals surface area contributed by atoms with Crippen molar-refractivity contribution in [1.82, 2.24) is 14.9 Å². The third-order valence-corrected chi connectivity index (χ3v) is 5.95. The van der Waals surface area contributed by atoms with Gasteiger partial charge in [-0.25, -0.2) is 18.2 Å². The maximum atomic E-state index is 15.1. The number of phenols is 1. The lowest BCUT2D eigenvalue weighted by atomic mass is 9.97. The van der Waals surface area contributed by atoms with E-state index in [2.05, 4.69) is 5.32 Å². The van der Waals surface area contributed by atoms with E-state index in [1.54, 1.807) is 4.72 Å². The molecular formula is C16H21FN4O5S. The van der Waals surface area contributed by atoms with Crippen LogP contribution in [-0.2, 0) is 28.0 Å². The van der Waals surface area contributed by atoms with Crippen molar-refractivity contribution >= 4 is 27.8 Å². The summed E-state index contributed by atoms with van der Waals surface area (Å²) < 4.78 is 41.4. The predicted octanol–water partition coefficient (Wildman–Crippen LogP) is 0.580. The van der Waals surface area contributed by atoms with Gasteiger partial charge in [-0.2, -0.15) is 8.42 Å². The van der Waals surface area contributed by atoms with Gasteiger partial charge in [-0.15, -0.1) is 0 Å². The van der Waals surface area contributed by atoms with Gasteiger partial charge in [0, 0.05) is 18.7 Å². The first-order valence-electron chi connectivity index (χ1n) is 8.64. The molecule has 0 spiro atoms. The second-order valence-electron chi connectivity index (χ2n) is 6.49. The van der Waals surface area contributed by atoms with Gasteiger partial charge in [0.15, 0.2) is 5.82 Å². The van der Waals surface area contributed by atoms with Crippen LogP contribution in [0.2, 0.25) is 0 Å². The highest BCUT2D eigenvalue weighted by atomic mass is 32.2. The van der Waals surface area contributed by atoms with Crippen molar-refractivity contribution in [2.24, 2.45) is 0 Å². The minimum atomic E-state index is -4.26. The van der Waals surface area contributed by atoms with Gasteiger partial charge >= 0.3 is 16.2 Å². The molecule has 3 N–H and O–H groups in total. The van der Waals surface area contributed by atoms with E-state index >= 15 is 4.39 Å². The first kappa shape index (κ1) is 19.2. The highest BCUT2D eigenvalue weighted by Gasteiger charge is 2.39. The number of rotatable bonds is 4. The molecule has 9 nitrogen and oxygen atoms in total. The molecule has 27 heavy (non-hydrogen) atoms. The van der Waals surface area contributed by atoms with Crippen LogP contribution >= 0.6 is 0 Å². The van der Waals surface area contributed by atoms with Gasteiger partial charge in [0.05, 0.1) is 6.54 Å². The number of fused-ring (bicyclic) bond motifs is 1. The molecule has 1 saturated heterocycles. The molecule has 0 bridgehead atoms. The van der Waals surface area contributed by atoms with Crippen molar-refractivity contribution in [2.75, 3.05) is 23.9 Å². The Morgan fingerprint density at radius 1 is 1.41 bits per heavy atom. The zero-order chi connectivity index (χ0) is 19.8. The fraction of sp³-hybridized carbons (Fsp3) is 0.500. The van der Waals surface area contributed by atoms with Crippen molar-refractivity contribution in [3.05, 3.63) is 23.0 Å². The second-order valence-corrected chi connectivity index (χ2v) is 8.08. The molecule has 1 fully saturated rings. The van der Waals surface area contributed by atoms with Crippen LogP contribution in [0.15, 0.2) is 6.07 Å². The number of halogens is 1. The number of benzene rings is 1. The number of nitrogens with one attached hydrogen (secondary N) is 2. The van der Waals surface area contributed by atoms with E-state index in [4.69, 9.17) is 0 Å². The lowest BCUT2D eigenvalue weighted by Gasteiger charge is -2.30. The first-order chi connectivity index (χ1) is 12.7. The molecule has 2 aliphatic heterocycles. The number of aromatic hydroxyl groups is 1. The van der Waals surface area contributed by atoms with Gasteiger partial charge in [-0.1, -0.05) is 13.3 Å². The Balaban J connectivity index is 1.90. The number of carbonyl (C=O) groups excluding carboxylic acids is 2. The summed E-state index contributed by atoms with van der Waals surface area (Å²) in [5.41, 5.74) is 0.0526. The third-order valence-electron chi connectivity index (χ3n) is 4.58. The van der Waals surface area contributed by atoms with Gasteiger partial charge < -0.3 is 15.3 Å². The zero-order valence-electron chi connectivity index (χ0n) is 14.8. The highest BCUT2D eigenvalue weighted by molar-refractivity contribution is 7.92. The molecule has 0 aromatic heterocycles. The number of urea groups is 1. The molecule has 0 radical (unpaired) electrons. The topological polar surface area (TPSA) is 119 Å². The summed E-state index contributed by atoms with van der Waals surface area (Å²) in [4.78, 5) is 25.1. The van der Waals surface area contributed by atoms with E-state index in [0.29, 0.717) is 29.4 Å². The summed E-state index contributed by atoms with van der Waals surface area (Å²) in [5.74, 6) is -2.33. The largest absolute Gasteiger partial charge is 0.506 e.